The number of amides is 1. The largest absolute Gasteiger partial charge is 0.484 e. The number of nitrogens with two attached hydrogens (primary N) is 1. The molecular weight excluding hydrogens is 266 g/mol. The second-order valence-electron chi connectivity index (χ2n) is 4.31. The highest BCUT2D eigenvalue weighted by Gasteiger charge is 2.20. The van der Waals surface area contributed by atoms with E-state index < -0.39 is 10.8 Å². The Kier molecular flexibility index (Phi) is 4.49. The summed E-state index contributed by atoms with van der Waals surface area (Å²) in [5.41, 5.74) is 4.88. The molecule has 0 aliphatic carbocycles. The molecule has 1 aliphatic heterocycles. The van der Waals surface area contributed by atoms with Crippen LogP contribution in [-0.4, -0.2) is 43.2 Å². The van der Waals surface area contributed by atoms with E-state index in [1.54, 1.807) is 0 Å². The molecular formula is C12H15N3O5. The van der Waals surface area contributed by atoms with E-state index in [4.69, 9.17) is 15.2 Å². The number of carbonyl (C=O) groups is 1. The van der Waals surface area contributed by atoms with Crippen molar-refractivity contribution in [1.29, 1.82) is 0 Å². The summed E-state index contributed by atoms with van der Waals surface area (Å²) in [4.78, 5) is 21.4. The number of nitrogens with one attached hydrogen (secondary N) is 1. The van der Waals surface area contributed by atoms with Crippen molar-refractivity contribution in [3.63, 3.8) is 0 Å². The van der Waals surface area contributed by atoms with Gasteiger partial charge in [0, 0.05) is 24.7 Å². The second kappa shape index (κ2) is 6.31. The second-order valence-corrected chi connectivity index (χ2v) is 4.31. The van der Waals surface area contributed by atoms with Crippen LogP contribution in [0.15, 0.2) is 18.2 Å². The summed E-state index contributed by atoms with van der Waals surface area (Å²) < 4.78 is 10.8. The van der Waals surface area contributed by atoms with Gasteiger partial charge in [-0.05, 0) is 12.1 Å². The highest BCUT2D eigenvalue weighted by molar-refractivity contribution is 5.93. The van der Waals surface area contributed by atoms with E-state index in [9.17, 15) is 14.9 Å². The van der Waals surface area contributed by atoms with Crippen LogP contribution in [-0.2, 0) is 4.74 Å². The lowest BCUT2D eigenvalue weighted by atomic mass is 10.2. The number of nitro groups is 1. The van der Waals surface area contributed by atoms with E-state index in [2.05, 4.69) is 5.32 Å². The van der Waals surface area contributed by atoms with Crippen LogP contribution in [0.25, 0.3) is 0 Å². The van der Waals surface area contributed by atoms with Gasteiger partial charge in [0.1, 0.15) is 12.7 Å². The van der Waals surface area contributed by atoms with Crippen molar-refractivity contribution in [1.82, 2.24) is 5.32 Å². The Hall–Kier alpha value is -2.19. The molecule has 0 aromatic heterocycles. The fourth-order valence-corrected chi connectivity index (χ4v) is 1.84. The Morgan fingerprint density at radius 2 is 2.40 bits per heavy atom. The Bertz CT molecular complexity index is 514. The summed E-state index contributed by atoms with van der Waals surface area (Å²) in [7, 11) is 0. The van der Waals surface area contributed by atoms with Gasteiger partial charge in [0.2, 0.25) is 5.91 Å². The summed E-state index contributed by atoms with van der Waals surface area (Å²) in [6, 6.07) is 3.87. The number of rotatable bonds is 5. The van der Waals surface area contributed by atoms with Crippen molar-refractivity contribution in [3.8, 4) is 5.75 Å². The van der Waals surface area contributed by atoms with E-state index in [1.807, 2.05) is 0 Å². The maximum atomic E-state index is 11.0. The van der Waals surface area contributed by atoms with Crippen molar-refractivity contribution in [2.24, 2.45) is 5.73 Å². The average molecular weight is 281 g/mol. The molecule has 0 spiro atoms. The van der Waals surface area contributed by atoms with E-state index in [1.165, 1.54) is 12.1 Å². The number of ether oxygens (including phenoxy) is 2. The van der Waals surface area contributed by atoms with E-state index >= 15 is 0 Å². The minimum atomic E-state index is -0.723. The van der Waals surface area contributed by atoms with Crippen molar-refractivity contribution in [2.75, 3.05) is 26.3 Å². The van der Waals surface area contributed by atoms with E-state index in [-0.39, 0.29) is 29.7 Å². The topological polar surface area (TPSA) is 117 Å². The van der Waals surface area contributed by atoms with Gasteiger partial charge in [0.15, 0.2) is 5.75 Å². The number of benzene rings is 1. The van der Waals surface area contributed by atoms with Gasteiger partial charge >= 0.3 is 5.69 Å². The summed E-state index contributed by atoms with van der Waals surface area (Å²) in [5, 5.41) is 14.1. The molecule has 1 aromatic carbocycles. The van der Waals surface area contributed by atoms with Crippen molar-refractivity contribution < 1.29 is 19.2 Å². The summed E-state index contributed by atoms with van der Waals surface area (Å²) >= 11 is 0. The Balaban J connectivity index is 2.09. The minimum absolute atomic E-state index is 0.0691. The average Bonchev–Trinajstić information content (AvgIpc) is 2.45. The lowest BCUT2D eigenvalue weighted by Crippen LogP contribution is -2.41. The first-order valence-corrected chi connectivity index (χ1v) is 6.11. The van der Waals surface area contributed by atoms with Crippen molar-refractivity contribution in [2.45, 2.75) is 6.10 Å². The van der Waals surface area contributed by atoms with Gasteiger partial charge in [-0.1, -0.05) is 0 Å². The van der Waals surface area contributed by atoms with Crippen molar-refractivity contribution in [3.05, 3.63) is 33.9 Å². The third-order valence-corrected chi connectivity index (χ3v) is 2.87. The number of hydrogen-bond acceptors (Lipinski definition) is 6. The molecule has 8 nitrogen and oxygen atoms in total. The fourth-order valence-electron chi connectivity index (χ4n) is 1.84. The Labute approximate surface area is 115 Å². The van der Waals surface area contributed by atoms with Gasteiger partial charge in [-0.25, -0.2) is 0 Å². The standard InChI is InChI=1S/C12H15N3O5/c13-12(16)8-1-2-11(10(5-8)15(17)18)20-7-9-6-14-3-4-19-9/h1-2,5,9,14H,3-4,6-7H2,(H2,13,16). The fraction of sp³-hybridized carbons (Fsp3) is 0.417. The number of morpholine rings is 1. The smallest absolute Gasteiger partial charge is 0.311 e. The lowest BCUT2D eigenvalue weighted by molar-refractivity contribution is -0.386. The van der Waals surface area contributed by atoms with Gasteiger partial charge in [-0.3, -0.25) is 14.9 Å². The number of carbonyl (C=O) groups excluding carboxylic acids is 1. The van der Waals surface area contributed by atoms with Crippen molar-refractivity contribution >= 4 is 11.6 Å². The van der Waals surface area contributed by atoms with Gasteiger partial charge < -0.3 is 20.5 Å². The number of nitrogens with zero attached hydrogens (tertiary/aromatic N) is 1. The molecule has 1 saturated heterocycles. The highest BCUT2D eigenvalue weighted by Crippen LogP contribution is 2.28. The molecule has 3 N–H and O–H groups in total. The molecule has 2 rings (SSSR count). The molecule has 0 radical (unpaired) electrons. The van der Waals surface area contributed by atoms with Gasteiger partial charge in [-0.2, -0.15) is 0 Å². The molecule has 1 unspecified atom stereocenters. The number of primary amides is 1. The zero-order valence-corrected chi connectivity index (χ0v) is 10.7. The van der Waals surface area contributed by atoms with Gasteiger partial charge in [-0.15, -0.1) is 0 Å². The number of hydrogen-bond donors (Lipinski definition) is 2. The summed E-state index contributed by atoms with van der Waals surface area (Å²) in [5.74, 6) is -0.631. The van der Waals surface area contributed by atoms with E-state index in [0.29, 0.717) is 13.2 Å². The lowest BCUT2D eigenvalue weighted by Gasteiger charge is -2.23. The summed E-state index contributed by atoms with van der Waals surface area (Å²) in [6.45, 7) is 2.19. The highest BCUT2D eigenvalue weighted by atomic mass is 16.6. The molecule has 1 heterocycles. The zero-order chi connectivity index (χ0) is 14.5. The van der Waals surface area contributed by atoms with Crippen LogP contribution in [0.1, 0.15) is 10.4 Å². The molecule has 1 amide bonds. The predicted molar refractivity (Wildman–Crippen MR) is 69.7 cm³/mol. The third kappa shape index (κ3) is 3.43. The quantitative estimate of drug-likeness (QED) is 0.582. The maximum Gasteiger partial charge on any atom is 0.311 e. The normalized spacial score (nSPS) is 18.5. The third-order valence-electron chi connectivity index (χ3n) is 2.87. The monoisotopic (exact) mass is 281 g/mol. The Morgan fingerprint density at radius 1 is 1.60 bits per heavy atom. The van der Waals surface area contributed by atoms with Crippen LogP contribution in [0.2, 0.25) is 0 Å². The Morgan fingerprint density at radius 3 is 3.00 bits per heavy atom. The molecule has 1 atom stereocenters. The molecule has 1 aromatic rings. The minimum Gasteiger partial charge on any atom is -0.484 e. The summed E-state index contributed by atoms with van der Waals surface area (Å²) in [6.07, 6.45) is -0.154. The van der Waals surface area contributed by atoms with Gasteiger partial charge in [0.05, 0.1) is 11.5 Å². The van der Waals surface area contributed by atoms with Crippen LogP contribution in [0.5, 0.6) is 5.75 Å². The molecule has 8 heteroatoms. The molecule has 108 valence electrons. The zero-order valence-electron chi connectivity index (χ0n) is 10.7. The molecule has 20 heavy (non-hydrogen) atoms. The molecule has 1 aliphatic rings. The van der Waals surface area contributed by atoms with Crippen LogP contribution >= 0.6 is 0 Å². The van der Waals surface area contributed by atoms with Gasteiger partial charge in [0.25, 0.3) is 0 Å². The first-order chi connectivity index (χ1) is 9.58. The van der Waals surface area contributed by atoms with Crippen LogP contribution in [0, 0.1) is 10.1 Å². The molecule has 0 bridgehead atoms. The maximum absolute atomic E-state index is 11.0. The number of nitro benzene ring substituents is 1. The molecule has 0 saturated carbocycles. The first-order valence-electron chi connectivity index (χ1n) is 6.11. The SMILES string of the molecule is NC(=O)c1ccc(OCC2CNCCO2)c([N+](=O)[O-])c1. The van der Waals surface area contributed by atoms with E-state index in [0.717, 1.165) is 12.6 Å². The first kappa shape index (κ1) is 14.2. The molecule has 1 fully saturated rings. The van der Waals surface area contributed by atoms with Crippen LogP contribution in [0.4, 0.5) is 5.69 Å². The predicted octanol–water partition coefficient (Wildman–Crippen LogP) is 0.0609. The van der Waals surface area contributed by atoms with Crippen LogP contribution < -0.4 is 15.8 Å². The van der Waals surface area contributed by atoms with Crippen LogP contribution in [0.3, 0.4) is 0 Å².